The smallest absolute Gasteiger partial charge is 0.337 e. The predicted molar refractivity (Wildman–Crippen MR) is 83.4 cm³/mol. The van der Waals surface area contributed by atoms with Gasteiger partial charge in [0, 0.05) is 11.6 Å². The van der Waals surface area contributed by atoms with E-state index >= 15 is 0 Å². The molecule has 1 aliphatic heterocycles. The first-order chi connectivity index (χ1) is 11.5. The Bertz CT molecular complexity index is 696. The van der Waals surface area contributed by atoms with E-state index in [9.17, 15) is 19.7 Å². The number of esters is 2. The highest BCUT2D eigenvalue weighted by molar-refractivity contribution is 5.97. The molecule has 0 saturated carbocycles. The van der Waals surface area contributed by atoms with Crippen LogP contribution in [0.25, 0.3) is 6.08 Å². The van der Waals surface area contributed by atoms with Gasteiger partial charge in [0.2, 0.25) is 5.75 Å². The Labute approximate surface area is 138 Å². The number of ether oxygens (including phenoxy) is 3. The SMILES string of the molecule is CCOC(=O)CC1Oc2c(cccc2[N+](=O)[O-])C=C1C(=O)OCC. The number of rotatable bonds is 6. The van der Waals surface area contributed by atoms with Gasteiger partial charge >= 0.3 is 17.6 Å². The summed E-state index contributed by atoms with van der Waals surface area (Å²) in [6.07, 6.45) is 0.203. The minimum atomic E-state index is -1.00. The standard InChI is InChI=1S/C16H17NO7/c1-3-22-14(18)9-13-11(16(19)23-4-2)8-10-6-5-7-12(17(20)21)15(10)24-13/h5-8,13H,3-4,9H2,1-2H3. The van der Waals surface area contributed by atoms with Crippen molar-refractivity contribution >= 4 is 23.7 Å². The molecule has 1 aromatic carbocycles. The first-order valence-corrected chi connectivity index (χ1v) is 7.46. The van der Waals surface area contributed by atoms with E-state index in [4.69, 9.17) is 14.2 Å². The molecule has 1 aliphatic rings. The van der Waals surface area contributed by atoms with Crippen molar-refractivity contribution in [1.82, 2.24) is 0 Å². The van der Waals surface area contributed by atoms with E-state index < -0.39 is 23.0 Å². The molecule has 0 spiro atoms. The van der Waals surface area contributed by atoms with Crippen molar-refractivity contribution < 1.29 is 28.7 Å². The van der Waals surface area contributed by atoms with Crippen LogP contribution in [0.3, 0.4) is 0 Å². The van der Waals surface area contributed by atoms with E-state index in [1.807, 2.05) is 0 Å². The van der Waals surface area contributed by atoms with E-state index in [-0.39, 0.29) is 36.6 Å². The summed E-state index contributed by atoms with van der Waals surface area (Å²) in [4.78, 5) is 34.4. The minimum Gasteiger partial charge on any atom is -0.477 e. The van der Waals surface area contributed by atoms with E-state index in [1.165, 1.54) is 18.2 Å². The van der Waals surface area contributed by atoms with Crippen LogP contribution in [0.15, 0.2) is 23.8 Å². The molecule has 0 bridgehead atoms. The molecule has 0 saturated heterocycles. The van der Waals surface area contributed by atoms with Gasteiger partial charge < -0.3 is 14.2 Å². The van der Waals surface area contributed by atoms with Crippen LogP contribution >= 0.6 is 0 Å². The van der Waals surface area contributed by atoms with E-state index in [1.54, 1.807) is 19.9 Å². The average Bonchev–Trinajstić information content (AvgIpc) is 2.53. The number of carbonyl (C=O) groups is 2. The second kappa shape index (κ2) is 7.58. The molecule has 0 N–H and O–H groups in total. The van der Waals surface area contributed by atoms with Gasteiger partial charge in [-0.15, -0.1) is 0 Å². The van der Waals surface area contributed by atoms with Crippen molar-refractivity contribution in [3.8, 4) is 5.75 Å². The van der Waals surface area contributed by atoms with Gasteiger partial charge in [0.15, 0.2) is 0 Å². The van der Waals surface area contributed by atoms with Gasteiger partial charge in [0.25, 0.3) is 0 Å². The topological polar surface area (TPSA) is 105 Å². The van der Waals surface area contributed by atoms with Gasteiger partial charge in [-0.1, -0.05) is 12.1 Å². The summed E-state index contributed by atoms with van der Waals surface area (Å²) in [6.45, 7) is 3.65. The third-order valence-corrected chi connectivity index (χ3v) is 3.31. The summed E-state index contributed by atoms with van der Waals surface area (Å²) >= 11 is 0. The summed E-state index contributed by atoms with van der Waals surface area (Å²) in [6, 6.07) is 4.37. The maximum atomic E-state index is 12.1. The molecular weight excluding hydrogens is 318 g/mol. The van der Waals surface area contributed by atoms with Gasteiger partial charge in [0.05, 0.1) is 30.1 Å². The number of hydrogen-bond donors (Lipinski definition) is 0. The van der Waals surface area contributed by atoms with Crippen LogP contribution in [-0.4, -0.2) is 36.2 Å². The normalized spacial score (nSPS) is 15.6. The Morgan fingerprint density at radius 2 is 1.96 bits per heavy atom. The van der Waals surface area contributed by atoms with E-state index in [2.05, 4.69) is 0 Å². The highest BCUT2D eigenvalue weighted by Crippen LogP contribution is 2.38. The van der Waals surface area contributed by atoms with Gasteiger partial charge in [0.1, 0.15) is 6.10 Å². The number of nitrogens with zero attached hydrogens (tertiary/aromatic N) is 1. The lowest BCUT2D eigenvalue weighted by atomic mass is 9.99. The second-order valence-corrected chi connectivity index (χ2v) is 4.89. The van der Waals surface area contributed by atoms with Crippen LogP contribution in [0.1, 0.15) is 25.8 Å². The van der Waals surface area contributed by atoms with Gasteiger partial charge in [-0.2, -0.15) is 0 Å². The lowest BCUT2D eigenvalue weighted by Gasteiger charge is -2.25. The molecule has 8 nitrogen and oxygen atoms in total. The zero-order valence-electron chi connectivity index (χ0n) is 13.3. The third kappa shape index (κ3) is 3.70. The van der Waals surface area contributed by atoms with Crippen LogP contribution in [0.5, 0.6) is 5.75 Å². The number of nitro benzene ring substituents is 1. The third-order valence-electron chi connectivity index (χ3n) is 3.31. The number of benzene rings is 1. The Morgan fingerprint density at radius 3 is 2.58 bits per heavy atom. The summed E-state index contributed by atoms with van der Waals surface area (Å²) in [5, 5.41) is 11.1. The first kappa shape index (κ1) is 17.5. The van der Waals surface area contributed by atoms with Crippen LogP contribution in [0.4, 0.5) is 5.69 Å². The van der Waals surface area contributed by atoms with Gasteiger partial charge in [-0.05, 0) is 19.9 Å². The van der Waals surface area contributed by atoms with Gasteiger partial charge in [-0.25, -0.2) is 4.79 Å². The number of hydrogen-bond acceptors (Lipinski definition) is 7. The second-order valence-electron chi connectivity index (χ2n) is 4.89. The van der Waals surface area contributed by atoms with Crippen LogP contribution in [-0.2, 0) is 19.1 Å². The fraction of sp³-hybridized carbons (Fsp3) is 0.375. The predicted octanol–water partition coefficient (Wildman–Crippen LogP) is 2.26. The quantitative estimate of drug-likeness (QED) is 0.446. The molecule has 1 heterocycles. The average molecular weight is 335 g/mol. The van der Waals surface area contributed by atoms with Gasteiger partial charge in [-0.3, -0.25) is 14.9 Å². The highest BCUT2D eigenvalue weighted by atomic mass is 16.6. The number of carbonyl (C=O) groups excluding carboxylic acids is 2. The fourth-order valence-electron chi connectivity index (χ4n) is 2.32. The van der Waals surface area contributed by atoms with E-state index in [0.717, 1.165) is 0 Å². The number of fused-ring (bicyclic) bond motifs is 1. The summed E-state index contributed by atoms with van der Waals surface area (Å²) in [5.41, 5.74) is 0.269. The lowest BCUT2D eigenvalue weighted by molar-refractivity contribution is -0.386. The summed E-state index contributed by atoms with van der Waals surface area (Å²) in [5.74, 6) is -1.19. The van der Waals surface area contributed by atoms with Crippen LogP contribution in [0.2, 0.25) is 0 Å². The molecule has 128 valence electrons. The maximum Gasteiger partial charge on any atom is 0.337 e. The lowest BCUT2D eigenvalue weighted by Crippen LogP contribution is -2.31. The van der Waals surface area contributed by atoms with Crippen molar-refractivity contribution in [3.05, 3.63) is 39.4 Å². The van der Waals surface area contributed by atoms with Crippen molar-refractivity contribution in [2.75, 3.05) is 13.2 Å². The molecule has 1 atom stereocenters. The molecule has 0 aromatic heterocycles. The van der Waals surface area contributed by atoms with Crippen molar-refractivity contribution in [2.24, 2.45) is 0 Å². The Morgan fingerprint density at radius 1 is 1.25 bits per heavy atom. The largest absolute Gasteiger partial charge is 0.477 e. The molecule has 0 fully saturated rings. The molecular formula is C16H17NO7. The van der Waals surface area contributed by atoms with Crippen molar-refractivity contribution in [2.45, 2.75) is 26.4 Å². The molecule has 24 heavy (non-hydrogen) atoms. The molecule has 8 heteroatoms. The van der Waals surface area contributed by atoms with Crippen molar-refractivity contribution in [1.29, 1.82) is 0 Å². The number of para-hydroxylation sites is 1. The van der Waals surface area contributed by atoms with Crippen molar-refractivity contribution in [3.63, 3.8) is 0 Å². The van der Waals surface area contributed by atoms with E-state index in [0.29, 0.717) is 5.56 Å². The Hall–Kier alpha value is -2.90. The molecule has 0 aliphatic carbocycles. The summed E-state index contributed by atoms with van der Waals surface area (Å²) < 4.78 is 15.4. The Balaban J connectivity index is 2.42. The highest BCUT2D eigenvalue weighted by Gasteiger charge is 2.34. The molecule has 1 unspecified atom stereocenters. The van der Waals surface area contributed by atoms with Crippen LogP contribution in [0, 0.1) is 10.1 Å². The molecule has 1 aromatic rings. The zero-order chi connectivity index (χ0) is 17.7. The molecule has 0 radical (unpaired) electrons. The number of nitro groups is 1. The molecule has 0 amide bonds. The first-order valence-electron chi connectivity index (χ1n) is 7.46. The zero-order valence-corrected chi connectivity index (χ0v) is 13.3. The summed E-state index contributed by atoms with van der Waals surface area (Å²) in [7, 11) is 0. The Kier molecular flexibility index (Phi) is 5.51. The van der Waals surface area contributed by atoms with Crippen LogP contribution < -0.4 is 4.74 Å². The fourth-order valence-corrected chi connectivity index (χ4v) is 2.32. The maximum absolute atomic E-state index is 12.1. The monoisotopic (exact) mass is 335 g/mol. The minimum absolute atomic E-state index is 0.0184. The molecule has 2 rings (SSSR count).